The first kappa shape index (κ1) is 25.7. The number of likely N-dealkylation sites (N-methyl/N-ethyl adjacent to an activating group) is 2. The Bertz CT molecular complexity index is 1330. The van der Waals surface area contributed by atoms with E-state index in [9.17, 15) is 9.59 Å². The van der Waals surface area contributed by atoms with Crippen molar-refractivity contribution in [2.75, 3.05) is 27.2 Å². The molecule has 4 rings (SSSR count). The van der Waals surface area contributed by atoms with Gasteiger partial charge in [0.25, 0.3) is 0 Å². The van der Waals surface area contributed by atoms with Crippen LogP contribution in [-0.2, 0) is 11.3 Å². The highest BCUT2D eigenvalue weighted by atomic mass is 16.1. The molecule has 0 amide bonds. The molecule has 3 aromatic rings. The number of rotatable bonds is 10. The maximum Gasteiger partial charge on any atom is 0.163 e. The number of nitrogens with zero attached hydrogens (tertiary/aromatic N) is 2. The number of ketones is 2. The van der Waals surface area contributed by atoms with E-state index >= 15 is 0 Å². The van der Waals surface area contributed by atoms with Crippen LogP contribution in [0.15, 0.2) is 59.8 Å². The minimum Gasteiger partial charge on any atom is -0.318 e. The first-order chi connectivity index (χ1) is 17.3. The number of benzene rings is 2. The lowest BCUT2D eigenvalue weighted by Crippen LogP contribution is -2.26. The molecule has 1 aromatic heterocycles. The summed E-state index contributed by atoms with van der Waals surface area (Å²) in [6, 6.07) is 10.5. The number of H-pyrrole nitrogens is 1. The highest BCUT2D eigenvalue weighted by Crippen LogP contribution is 2.34. The predicted octanol–water partition coefficient (Wildman–Crippen LogP) is 5.24. The van der Waals surface area contributed by atoms with Crippen LogP contribution < -0.4 is 5.32 Å². The summed E-state index contributed by atoms with van der Waals surface area (Å²) in [4.78, 5) is 28.2. The van der Waals surface area contributed by atoms with Gasteiger partial charge in [0.1, 0.15) is 0 Å². The number of fused-ring (bicyclic) bond motifs is 1. The van der Waals surface area contributed by atoms with Crippen molar-refractivity contribution in [2.45, 2.75) is 40.2 Å². The number of hydrogen-bond acceptors (Lipinski definition) is 5. The molecule has 1 heterocycles. The predicted molar refractivity (Wildman–Crippen MR) is 146 cm³/mol. The van der Waals surface area contributed by atoms with Crippen LogP contribution in [0.3, 0.4) is 0 Å². The Morgan fingerprint density at radius 3 is 2.58 bits per heavy atom. The Hall–Kier alpha value is -3.35. The third-order valence-electron chi connectivity index (χ3n) is 7.14. The summed E-state index contributed by atoms with van der Waals surface area (Å²) in [5, 5.41) is 11.5. The molecule has 2 aromatic carbocycles. The number of aromatic amines is 1. The SMILES string of the molecule is CNCCN(C)Cc1ccc(-c2cc(C(=O)CCC3C(=O)C=C(C)C=C3C)c(C)c3[nH]ncc23)cc1. The van der Waals surface area contributed by atoms with Crippen LogP contribution in [0.1, 0.15) is 48.2 Å². The monoisotopic (exact) mass is 484 g/mol. The van der Waals surface area contributed by atoms with Crippen molar-refractivity contribution >= 4 is 22.5 Å². The number of carbonyl (C=O) groups excluding carboxylic acids is 2. The molecule has 36 heavy (non-hydrogen) atoms. The Morgan fingerprint density at radius 2 is 1.89 bits per heavy atom. The normalized spacial score (nSPS) is 15.9. The van der Waals surface area contributed by atoms with Gasteiger partial charge < -0.3 is 10.2 Å². The molecule has 188 valence electrons. The lowest BCUT2D eigenvalue weighted by Gasteiger charge is -2.19. The second kappa shape index (κ2) is 11.1. The summed E-state index contributed by atoms with van der Waals surface area (Å²) >= 11 is 0. The highest BCUT2D eigenvalue weighted by Gasteiger charge is 2.24. The Morgan fingerprint density at radius 1 is 1.14 bits per heavy atom. The fourth-order valence-corrected chi connectivity index (χ4v) is 5.08. The molecule has 2 N–H and O–H groups in total. The first-order valence-corrected chi connectivity index (χ1v) is 12.6. The van der Waals surface area contributed by atoms with Crippen LogP contribution in [0.5, 0.6) is 0 Å². The fourth-order valence-electron chi connectivity index (χ4n) is 5.08. The van der Waals surface area contributed by atoms with Crippen LogP contribution in [0, 0.1) is 12.8 Å². The third-order valence-corrected chi connectivity index (χ3v) is 7.14. The summed E-state index contributed by atoms with van der Waals surface area (Å²) in [6.07, 6.45) is 6.40. The number of carbonyl (C=O) groups is 2. The molecule has 1 aliphatic carbocycles. The van der Waals surface area contributed by atoms with Gasteiger partial charge in [-0.1, -0.05) is 35.9 Å². The summed E-state index contributed by atoms with van der Waals surface area (Å²) in [5.41, 5.74) is 7.77. The average Bonchev–Trinajstić information content (AvgIpc) is 3.33. The van der Waals surface area contributed by atoms with Crippen molar-refractivity contribution in [1.82, 2.24) is 20.4 Å². The van der Waals surface area contributed by atoms with Gasteiger partial charge in [0.15, 0.2) is 11.6 Å². The van der Waals surface area contributed by atoms with E-state index in [4.69, 9.17) is 0 Å². The number of aromatic nitrogens is 2. The Balaban J connectivity index is 1.57. The van der Waals surface area contributed by atoms with Crippen molar-refractivity contribution in [1.29, 1.82) is 0 Å². The van der Waals surface area contributed by atoms with Crippen LogP contribution in [0.2, 0.25) is 0 Å². The largest absolute Gasteiger partial charge is 0.318 e. The summed E-state index contributed by atoms with van der Waals surface area (Å²) in [7, 11) is 4.08. The van der Waals surface area contributed by atoms with Gasteiger partial charge in [-0.15, -0.1) is 0 Å². The quantitative estimate of drug-likeness (QED) is 0.385. The Kier molecular flexibility index (Phi) is 7.97. The molecule has 6 heteroatoms. The zero-order valence-corrected chi connectivity index (χ0v) is 21.9. The lowest BCUT2D eigenvalue weighted by molar-refractivity contribution is -0.117. The van der Waals surface area contributed by atoms with Gasteiger partial charge in [0, 0.05) is 42.9 Å². The van der Waals surface area contributed by atoms with Crippen LogP contribution >= 0.6 is 0 Å². The molecule has 1 unspecified atom stereocenters. The van der Waals surface area contributed by atoms with Gasteiger partial charge in [-0.25, -0.2) is 0 Å². The molecule has 0 aliphatic heterocycles. The van der Waals surface area contributed by atoms with E-state index < -0.39 is 0 Å². The zero-order valence-electron chi connectivity index (χ0n) is 21.9. The van der Waals surface area contributed by atoms with E-state index in [1.807, 2.05) is 46.2 Å². The van der Waals surface area contributed by atoms with Crippen molar-refractivity contribution < 1.29 is 9.59 Å². The average molecular weight is 485 g/mol. The molecule has 1 aliphatic rings. The first-order valence-electron chi connectivity index (χ1n) is 12.6. The number of aryl methyl sites for hydroxylation is 1. The minimum atomic E-state index is -0.216. The van der Waals surface area contributed by atoms with E-state index in [0.29, 0.717) is 18.4 Å². The topological polar surface area (TPSA) is 78.1 Å². The van der Waals surface area contributed by atoms with Crippen LogP contribution in [0.4, 0.5) is 0 Å². The van der Waals surface area contributed by atoms with Crippen molar-refractivity contribution in [3.05, 3.63) is 76.5 Å². The van der Waals surface area contributed by atoms with E-state index in [-0.39, 0.29) is 17.5 Å². The third kappa shape index (κ3) is 5.55. The van der Waals surface area contributed by atoms with Crippen molar-refractivity contribution in [2.24, 2.45) is 5.92 Å². The second-order valence-corrected chi connectivity index (χ2v) is 9.99. The van der Waals surface area contributed by atoms with Gasteiger partial charge >= 0.3 is 0 Å². The summed E-state index contributed by atoms with van der Waals surface area (Å²) in [6.45, 7) is 8.69. The standard InChI is InChI=1S/C30H36N4O2/c1-19-14-20(2)24(29(36)15-19)10-11-28(35)25-16-26(27-17-32-33-30(27)21(25)3)23-8-6-22(7-9-23)18-34(5)13-12-31-4/h6-9,14-17,24,31H,10-13,18H2,1-5H3,(H,32,33). The number of nitrogens with one attached hydrogen (secondary N) is 2. The molecule has 6 nitrogen and oxygen atoms in total. The van der Waals surface area contributed by atoms with Crippen molar-refractivity contribution in [3.63, 3.8) is 0 Å². The molecule has 0 bridgehead atoms. The maximum atomic E-state index is 13.4. The van der Waals surface area contributed by atoms with Gasteiger partial charge in [0.2, 0.25) is 0 Å². The molecular weight excluding hydrogens is 448 g/mol. The smallest absolute Gasteiger partial charge is 0.163 e. The number of Topliss-reactive ketones (excluding diaryl/α,β-unsaturated/α-hetero) is 1. The van der Waals surface area contributed by atoms with E-state index in [0.717, 1.165) is 58.4 Å². The van der Waals surface area contributed by atoms with Crippen molar-refractivity contribution in [3.8, 4) is 11.1 Å². The molecule has 0 saturated heterocycles. The van der Waals surface area contributed by atoms with Crippen LogP contribution in [0.25, 0.3) is 22.0 Å². The van der Waals surface area contributed by atoms with E-state index in [1.165, 1.54) is 5.56 Å². The number of hydrogen-bond donors (Lipinski definition) is 2. The highest BCUT2D eigenvalue weighted by molar-refractivity contribution is 6.07. The molecule has 0 spiro atoms. The van der Waals surface area contributed by atoms with E-state index in [2.05, 4.69) is 51.7 Å². The molecule has 0 radical (unpaired) electrons. The van der Waals surface area contributed by atoms with Gasteiger partial charge in [0.05, 0.1) is 11.7 Å². The molecule has 0 fully saturated rings. The van der Waals surface area contributed by atoms with Gasteiger partial charge in [-0.2, -0.15) is 5.10 Å². The van der Waals surface area contributed by atoms with Crippen LogP contribution in [-0.4, -0.2) is 53.8 Å². The van der Waals surface area contributed by atoms with Gasteiger partial charge in [-0.3, -0.25) is 14.7 Å². The second-order valence-electron chi connectivity index (χ2n) is 9.99. The fraction of sp³-hybridized carbons (Fsp3) is 0.367. The maximum absolute atomic E-state index is 13.4. The molecule has 1 atom stereocenters. The molecular formula is C30H36N4O2. The zero-order chi connectivity index (χ0) is 25.8. The van der Waals surface area contributed by atoms with Gasteiger partial charge in [-0.05, 0) is 81.3 Å². The summed E-state index contributed by atoms with van der Waals surface area (Å²) in [5.74, 6) is -0.0644. The molecule has 0 saturated carbocycles. The number of allylic oxidation sites excluding steroid dienone is 4. The van der Waals surface area contributed by atoms with E-state index in [1.54, 1.807) is 6.08 Å². The summed E-state index contributed by atoms with van der Waals surface area (Å²) < 4.78 is 0. The lowest BCUT2D eigenvalue weighted by atomic mass is 9.84. The Labute approximate surface area is 213 Å². The minimum absolute atomic E-state index is 0.0555.